The van der Waals surface area contributed by atoms with Crippen LogP contribution in [0.4, 0.5) is 3.89 Å². The smallest absolute Gasteiger partial charge is 0.190 e. The first-order valence-electron chi connectivity index (χ1n) is 1.27. The summed E-state index contributed by atoms with van der Waals surface area (Å²) in [5, 5.41) is 0.410. The van der Waals surface area contributed by atoms with Crippen LogP contribution < -0.4 is 0 Å². The van der Waals surface area contributed by atoms with Crippen LogP contribution in [0, 0.1) is 0 Å². The third-order valence-electron chi connectivity index (χ3n) is 0.214. The molecule has 42 valence electrons. The molecule has 0 atom stereocenters. The molecule has 0 heterocycles. The van der Waals surface area contributed by atoms with Crippen molar-refractivity contribution in [1.29, 1.82) is 0 Å². The summed E-state index contributed by atoms with van der Waals surface area (Å²) in [6, 6.07) is 0. The first-order chi connectivity index (χ1) is 3.06. The Labute approximate surface area is 49.4 Å². The minimum absolute atomic E-state index is 0.410. The normalized spacial score (nSPS) is 12.9. The number of rotatable bonds is 1. The zero-order valence-electron chi connectivity index (χ0n) is 3.14. The fraction of sp³-hybridized carbons (Fsp3) is 0. The minimum Gasteiger partial charge on any atom is -0.190 e. The lowest BCUT2D eigenvalue weighted by molar-refractivity contribution is 0.563. The predicted molar refractivity (Wildman–Crippen MR) is 28.1 cm³/mol. The molecular weight excluding hydrogens is 187 g/mol. The second-order valence-electron chi connectivity index (χ2n) is 0.738. The van der Waals surface area contributed by atoms with Crippen molar-refractivity contribution in [1.82, 2.24) is 0 Å². The molecule has 0 aliphatic rings. The fourth-order valence-electron chi connectivity index (χ4n) is 0.0614. The molecule has 5 heteroatoms. The molecule has 0 N–H and O–H groups in total. The molecule has 0 bridgehead atoms. The molecular formula is C2H2BrFO2S. The molecule has 0 aromatic carbocycles. The number of halogens is 2. The fourth-order valence-corrected chi connectivity index (χ4v) is 0.958. The van der Waals surface area contributed by atoms with Crippen molar-refractivity contribution in [2.45, 2.75) is 0 Å². The van der Waals surface area contributed by atoms with Crippen molar-refractivity contribution < 1.29 is 12.3 Å². The summed E-state index contributed by atoms with van der Waals surface area (Å²) in [4.78, 5) is 0.933. The van der Waals surface area contributed by atoms with Gasteiger partial charge in [-0.05, 0) is 4.99 Å². The summed E-state index contributed by atoms with van der Waals surface area (Å²) < 4.78 is 30.1. The summed E-state index contributed by atoms with van der Waals surface area (Å²) in [6.45, 7) is 0. The Morgan fingerprint density at radius 1 is 1.57 bits per heavy atom. The summed E-state index contributed by atoms with van der Waals surface area (Å²) in [5.74, 6) is 0. The van der Waals surface area contributed by atoms with Gasteiger partial charge in [0.2, 0.25) is 0 Å². The average Bonchev–Trinajstić information content (AvgIpc) is 1.30. The number of hydrogen-bond donors (Lipinski definition) is 0. The minimum atomic E-state index is -4.40. The van der Waals surface area contributed by atoms with Crippen LogP contribution in [-0.2, 0) is 10.2 Å². The summed E-state index contributed by atoms with van der Waals surface area (Å²) >= 11 is 2.59. The highest BCUT2D eigenvalue weighted by Gasteiger charge is 1.94. The van der Waals surface area contributed by atoms with Crippen LogP contribution in [0.25, 0.3) is 0 Å². The van der Waals surface area contributed by atoms with E-state index in [2.05, 4.69) is 15.9 Å². The Kier molecular flexibility index (Phi) is 2.45. The summed E-state index contributed by atoms with van der Waals surface area (Å²) in [7, 11) is -4.40. The SMILES string of the molecule is O=S(=O)(F)C=CBr. The van der Waals surface area contributed by atoms with Gasteiger partial charge < -0.3 is 0 Å². The second-order valence-corrected chi connectivity index (χ2v) is 2.49. The molecule has 0 radical (unpaired) electrons. The van der Waals surface area contributed by atoms with E-state index in [1.54, 1.807) is 0 Å². The Morgan fingerprint density at radius 2 is 2.00 bits per heavy atom. The molecule has 0 unspecified atom stereocenters. The molecule has 0 rings (SSSR count). The first-order valence-corrected chi connectivity index (χ1v) is 3.64. The van der Waals surface area contributed by atoms with E-state index in [0.29, 0.717) is 5.41 Å². The van der Waals surface area contributed by atoms with Crippen molar-refractivity contribution in [2.75, 3.05) is 0 Å². The van der Waals surface area contributed by atoms with E-state index < -0.39 is 10.2 Å². The van der Waals surface area contributed by atoms with E-state index in [1.165, 1.54) is 0 Å². The Hall–Kier alpha value is 0.1000. The molecule has 0 amide bonds. The molecule has 0 aromatic rings. The second kappa shape index (κ2) is 2.42. The molecule has 0 saturated carbocycles. The van der Waals surface area contributed by atoms with Gasteiger partial charge in [0.1, 0.15) is 0 Å². The van der Waals surface area contributed by atoms with Crippen molar-refractivity contribution in [2.24, 2.45) is 0 Å². The van der Waals surface area contributed by atoms with E-state index in [9.17, 15) is 12.3 Å². The van der Waals surface area contributed by atoms with Gasteiger partial charge in [0, 0.05) is 0 Å². The molecule has 0 aromatic heterocycles. The zero-order chi connectivity index (χ0) is 5.91. The van der Waals surface area contributed by atoms with Gasteiger partial charge in [-0.2, -0.15) is 8.42 Å². The van der Waals surface area contributed by atoms with Gasteiger partial charge in [0.25, 0.3) is 0 Å². The van der Waals surface area contributed by atoms with Crippen LogP contribution in [0.5, 0.6) is 0 Å². The average molecular weight is 189 g/mol. The quantitative estimate of drug-likeness (QED) is 0.579. The summed E-state index contributed by atoms with van der Waals surface area (Å²) in [5.41, 5.74) is 0. The maximum absolute atomic E-state index is 11.2. The Balaban J connectivity index is 4.13. The van der Waals surface area contributed by atoms with Gasteiger partial charge in [0.05, 0.1) is 5.41 Å². The topological polar surface area (TPSA) is 34.1 Å². The molecule has 2 nitrogen and oxygen atoms in total. The van der Waals surface area contributed by atoms with Crippen LogP contribution in [0.2, 0.25) is 0 Å². The molecule has 0 spiro atoms. The van der Waals surface area contributed by atoms with Gasteiger partial charge in [-0.1, -0.05) is 15.9 Å². The van der Waals surface area contributed by atoms with Crippen LogP contribution >= 0.6 is 15.9 Å². The maximum atomic E-state index is 11.2. The van der Waals surface area contributed by atoms with Crippen LogP contribution in [0.1, 0.15) is 0 Å². The standard InChI is InChI=1S/C2H2BrFO2S/c3-1-2-7(4,5)6/h1-2H. The van der Waals surface area contributed by atoms with Gasteiger partial charge >= 0.3 is 10.2 Å². The van der Waals surface area contributed by atoms with Gasteiger partial charge in [-0.25, -0.2) is 0 Å². The van der Waals surface area contributed by atoms with E-state index in [4.69, 9.17) is 0 Å². The lowest BCUT2D eigenvalue weighted by Gasteiger charge is -1.71. The van der Waals surface area contributed by atoms with Crippen LogP contribution in [-0.4, -0.2) is 8.42 Å². The maximum Gasteiger partial charge on any atom is 0.325 e. The third kappa shape index (κ3) is 6.10. The molecule has 0 aliphatic carbocycles. The zero-order valence-corrected chi connectivity index (χ0v) is 5.54. The van der Waals surface area contributed by atoms with E-state index in [-0.39, 0.29) is 0 Å². The van der Waals surface area contributed by atoms with Gasteiger partial charge in [-0.3, -0.25) is 0 Å². The van der Waals surface area contributed by atoms with Crippen LogP contribution in [0.3, 0.4) is 0 Å². The van der Waals surface area contributed by atoms with Gasteiger partial charge in [0.15, 0.2) is 0 Å². The van der Waals surface area contributed by atoms with Gasteiger partial charge in [-0.15, -0.1) is 3.89 Å². The Bertz CT molecular complexity index is 159. The Morgan fingerprint density at radius 3 is 2.00 bits per heavy atom. The monoisotopic (exact) mass is 188 g/mol. The highest BCUT2D eigenvalue weighted by Crippen LogP contribution is 1.94. The van der Waals surface area contributed by atoms with Crippen molar-refractivity contribution >= 4 is 26.2 Å². The summed E-state index contributed by atoms with van der Waals surface area (Å²) in [6.07, 6.45) is 0. The third-order valence-corrected chi connectivity index (χ3v) is 1.29. The molecule has 0 aliphatic heterocycles. The van der Waals surface area contributed by atoms with Crippen molar-refractivity contribution in [3.8, 4) is 0 Å². The highest BCUT2D eigenvalue weighted by atomic mass is 79.9. The molecule has 7 heavy (non-hydrogen) atoms. The van der Waals surface area contributed by atoms with Crippen molar-refractivity contribution in [3.63, 3.8) is 0 Å². The number of hydrogen-bond acceptors (Lipinski definition) is 2. The lowest BCUT2D eigenvalue weighted by atomic mass is 11.3. The van der Waals surface area contributed by atoms with Crippen LogP contribution in [0.15, 0.2) is 10.4 Å². The highest BCUT2D eigenvalue weighted by molar-refractivity contribution is 9.11. The largest absolute Gasteiger partial charge is 0.325 e. The van der Waals surface area contributed by atoms with Crippen molar-refractivity contribution in [3.05, 3.63) is 10.4 Å². The van der Waals surface area contributed by atoms with E-state index >= 15 is 0 Å². The lowest BCUT2D eigenvalue weighted by Crippen LogP contribution is -1.77. The van der Waals surface area contributed by atoms with E-state index in [0.717, 1.165) is 4.99 Å². The molecule has 0 saturated heterocycles. The first kappa shape index (κ1) is 7.10. The predicted octanol–water partition coefficient (Wildman–Crippen LogP) is 1.15. The van der Waals surface area contributed by atoms with E-state index in [1.807, 2.05) is 0 Å². The molecule has 0 fully saturated rings.